The van der Waals surface area contributed by atoms with Crippen molar-refractivity contribution in [3.05, 3.63) is 40.6 Å². The highest BCUT2D eigenvalue weighted by molar-refractivity contribution is 6.30. The van der Waals surface area contributed by atoms with E-state index in [0.29, 0.717) is 5.02 Å². The maximum atomic E-state index is 5.93. The molecule has 0 atom stereocenters. The van der Waals surface area contributed by atoms with Gasteiger partial charge in [-0.3, -0.25) is 0 Å². The first-order valence-corrected chi connectivity index (χ1v) is 7.55. The fourth-order valence-electron chi connectivity index (χ4n) is 1.88. The van der Waals surface area contributed by atoms with Crippen LogP contribution in [0, 0.1) is 5.41 Å². The Bertz CT molecular complexity index is 407. The number of hydrogen-bond acceptors (Lipinski definition) is 1. The fraction of sp³-hybridized carbons (Fsp3) is 0.500. The zero-order valence-electron chi connectivity index (χ0n) is 11.9. The third-order valence-corrected chi connectivity index (χ3v) is 3.66. The Balaban J connectivity index is 2.69. The van der Waals surface area contributed by atoms with Crippen LogP contribution in [0.5, 0.6) is 5.75 Å². The van der Waals surface area contributed by atoms with Crippen LogP contribution < -0.4 is 4.74 Å². The molecule has 19 heavy (non-hydrogen) atoms. The summed E-state index contributed by atoms with van der Waals surface area (Å²) in [6.07, 6.45) is 4.70. The largest absolute Gasteiger partial charge is 0.460 e. The molecule has 0 radical (unpaired) electrons. The van der Waals surface area contributed by atoms with Gasteiger partial charge in [0.05, 0.1) is 0 Å². The summed E-state index contributed by atoms with van der Waals surface area (Å²) in [4.78, 5) is 0. The van der Waals surface area contributed by atoms with Crippen LogP contribution in [0.25, 0.3) is 0 Å². The number of benzene rings is 1. The zero-order chi connectivity index (χ0) is 14.3. The van der Waals surface area contributed by atoms with Gasteiger partial charge in [-0.15, -0.1) is 0 Å². The topological polar surface area (TPSA) is 9.23 Å². The average molecular weight is 301 g/mol. The van der Waals surface area contributed by atoms with Gasteiger partial charge in [-0.25, -0.2) is 0 Å². The van der Waals surface area contributed by atoms with Crippen molar-refractivity contribution in [2.24, 2.45) is 5.41 Å². The minimum absolute atomic E-state index is 0.0590. The van der Waals surface area contributed by atoms with E-state index in [1.165, 1.54) is 19.3 Å². The quantitative estimate of drug-likeness (QED) is 0.418. The minimum atomic E-state index is -0.0590. The van der Waals surface area contributed by atoms with Crippen molar-refractivity contribution < 1.29 is 4.74 Å². The first-order chi connectivity index (χ1) is 8.99. The number of halogens is 2. The molecule has 0 aliphatic carbocycles. The van der Waals surface area contributed by atoms with E-state index in [1.807, 2.05) is 24.3 Å². The molecule has 0 spiro atoms. The van der Waals surface area contributed by atoms with Crippen LogP contribution in [0.2, 0.25) is 5.02 Å². The van der Waals surface area contributed by atoms with Gasteiger partial charge in [0.25, 0.3) is 0 Å². The van der Waals surface area contributed by atoms with Gasteiger partial charge < -0.3 is 4.74 Å². The number of allylic oxidation sites excluding steroid dienone is 1. The molecule has 1 aromatic carbocycles. The molecule has 0 bridgehead atoms. The van der Waals surface area contributed by atoms with Crippen LogP contribution in [0.15, 0.2) is 35.6 Å². The lowest BCUT2D eigenvalue weighted by atomic mass is 9.85. The summed E-state index contributed by atoms with van der Waals surface area (Å²) in [6, 6.07) is 7.33. The van der Waals surface area contributed by atoms with Gasteiger partial charge in [0.2, 0.25) is 0 Å². The van der Waals surface area contributed by atoms with Crippen LogP contribution in [0.4, 0.5) is 0 Å². The van der Waals surface area contributed by atoms with E-state index in [2.05, 4.69) is 20.8 Å². The highest BCUT2D eigenvalue weighted by Gasteiger charge is 2.25. The molecule has 1 rings (SSSR count). The summed E-state index contributed by atoms with van der Waals surface area (Å²) in [5.74, 6) is 1.56. The molecule has 0 aliphatic heterocycles. The lowest BCUT2D eigenvalue weighted by molar-refractivity contribution is 0.254. The molecule has 0 N–H and O–H groups in total. The standard InChI is InChI=1S/C16H22Cl2O/c1-4-5-6-11-16(2,3)15(12-17)19-14-9-7-13(18)8-10-14/h7-10,12H,4-6,11H2,1-3H3. The molecule has 0 fully saturated rings. The van der Waals surface area contributed by atoms with Crippen LogP contribution in [-0.2, 0) is 0 Å². The monoisotopic (exact) mass is 300 g/mol. The molecule has 1 aromatic rings. The lowest BCUT2D eigenvalue weighted by Gasteiger charge is -2.27. The first kappa shape index (κ1) is 16.4. The number of rotatable bonds is 7. The maximum absolute atomic E-state index is 5.93. The Labute approximate surface area is 126 Å². The van der Waals surface area contributed by atoms with Crippen molar-refractivity contribution in [2.75, 3.05) is 0 Å². The SMILES string of the molecule is CCCCCC(C)(C)C(=CCl)Oc1ccc(Cl)cc1. The fourth-order valence-corrected chi connectivity index (χ4v) is 2.34. The maximum Gasteiger partial charge on any atom is 0.127 e. The van der Waals surface area contributed by atoms with Gasteiger partial charge >= 0.3 is 0 Å². The predicted molar refractivity (Wildman–Crippen MR) is 83.9 cm³/mol. The van der Waals surface area contributed by atoms with E-state index < -0.39 is 0 Å². The molecule has 0 heterocycles. The van der Waals surface area contributed by atoms with E-state index in [1.54, 1.807) is 5.54 Å². The highest BCUT2D eigenvalue weighted by atomic mass is 35.5. The summed E-state index contributed by atoms with van der Waals surface area (Å²) in [5, 5.41) is 0.700. The Kier molecular flexibility index (Phi) is 6.74. The second-order valence-electron chi connectivity index (χ2n) is 5.37. The van der Waals surface area contributed by atoms with Crippen LogP contribution in [0.1, 0.15) is 46.5 Å². The molecule has 0 saturated heterocycles. The highest BCUT2D eigenvalue weighted by Crippen LogP contribution is 2.34. The van der Waals surface area contributed by atoms with E-state index in [4.69, 9.17) is 27.9 Å². The van der Waals surface area contributed by atoms with Crippen molar-refractivity contribution in [1.29, 1.82) is 0 Å². The average Bonchev–Trinajstić information content (AvgIpc) is 2.38. The van der Waals surface area contributed by atoms with Gasteiger partial charge in [-0.05, 0) is 30.7 Å². The van der Waals surface area contributed by atoms with Crippen molar-refractivity contribution in [2.45, 2.75) is 46.5 Å². The molecule has 3 heteroatoms. The number of unbranched alkanes of at least 4 members (excludes halogenated alkanes) is 2. The Morgan fingerprint density at radius 3 is 2.37 bits per heavy atom. The van der Waals surface area contributed by atoms with Crippen molar-refractivity contribution in [3.8, 4) is 5.75 Å². The third kappa shape index (κ3) is 5.46. The third-order valence-electron chi connectivity index (χ3n) is 3.21. The molecular weight excluding hydrogens is 279 g/mol. The van der Waals surface area contributed by atoms with Gasteiger partial charge in [0.15, 0.2) is 0 Å². The Morgan fingerprint density at radius 2 is 1.84 bits per heavy atom. The normalized spacial score (nSPS) is 12.6. The molecule has 1 nitrogen and oxygen atoms in total. The van der Waals surface area contributed by atoms with E-state index in [-0.39, 0.29) is 5.41 Å². The molecule has 0 amide bonds. The van der Waals surface area contributed by atoms with Crippen LogP contribution in [-0.4, -0.2) is 0 Å². The molecule has 106 valence electrons. The predicted octanol–water partition coefficient (Wildman–Crippen LogP) is 6.41. The first-order valence-electron chi connectivity index (χ1n) is 6.74. The molecular formula is C16H22Cl2O. The lowest BCUT2D eigenvalue weighted by Crippen LogP contribution is -2.19. The molecule has 0 saturated carbocycles. The molecule has 0 aromatic heterocycles. The van der Waals surface area contributed by atoms with E-state index in [9.17, 15) is 0 Å². The van der Waals surface area contributed by atoms with Crippen LogP contribution in [0.3, 0.4) is 0 Å². The molecule has 0 unspecified atom stereocenters. The van der Waals surface area contributed by atoms with Crippen molar-refractivity contribution in [3.63, 3.8) is 0 Å². The van der Waals surface area contributed by atoms with Gasteiger partial charge in [-0.2, -0.15) is 0 Å². The second kappa shape index (κ2) is 7.81. The van der Waals surface area contributed by atoms with Crippen molar-refractivity contribution >= 4 is 23.2 Å². The summed E-state index contributed by atoms with van der Waals surface area (Å²) < 4.78 is 5.88. The van der Waals surface area contributed by atoms with E-state index in [0.717, 1.165) is 17.9 Å². The zero-order valence-corrected chi connectivity index (χ0v) is 13.4. The van der Waals surface area contributed by atoms with Gasteiger partial charge in [-0.1, -0.05) is 63.2 Å². The Morgan fingerprint density at radius 1 is 1.21 bits per heavy atom. The summed E-state index contributed by atoms with van der Waals surface area (Å²) in [7, 11) is 0. The Hall–Kier alpha value is -0.660. The number of ether oxygens (including phenoxy) is 1. The van der Waals surface area contributed by atoms with E-state index >= 15 is 0 Å². The summed E-state index contributed by atoms with van der Waals surface area (Å²) in [6.45, 7) is 6.52. The molecule has 0 aliphatic rings. The van der Waals surface area contributed by atoms with Crippen molar-refractivity contribution in [1.82, 2.24) is 0 Å². The van der Waals surface area contributed by atoms with Gasteiger partial charge in [0.1, 0.15) is 11.5 Å². The minimum Gasteiger partial charge on any atom is -0.460 e. The second-order valence-corrected chi connectivity index (χ2v) is 6.02. The smallest absolute Gasteiger partial charge is 0.127 e. The number of hydrogen-bond donors (Lipinski definition) is 0. The van der Waals surface area contributed by atoms with Crippen LogP contribution >= 0.6 is 23.2 Å². The summed E-state index contributed by atoms with van der Waals surface area (Å²) in [5.41, 5.74) is 1.48. The van der Waals surface area contributed by atoms with Gasteiger partial charge in [0, 0.05) is 16.0 Å². The summed E-state index contributed by atoms with van der Waals surface area (Å²) >= 11 is 11.8.